The van der Waals surface area contributed by atoms with E-state index in [0.717, 1.165) is 128 Å². The number of benzene rings is 2. The molecule has 6 heterocycles. The van der Waals surface area contributed by atoms with Crippen molar-refractivity contribution in [2.24, 2.45) is 4.99 Å². The van der Waals surface area contributed by atoms with Crippen molar-refractivity contribution in [1.29, 1.82) is 0 Å². The van der Waals surface area contributed by atoms with Crippen LogP contribution in [0, 0.1) is 0 Å². The van der Waals surface area contributed by atoms with Crippen molar-refractivity contribution < 1.29 is 24.4 Å². The Balaban J connectivity index is 0.000000178. The molecule has 0 radical (unpaired) electrons. The van der Waals surface area contributed by atoms with Gasteiger partial charge in [-0.2, -0.15) is 5.10 Å². The van der Waals surface area contributed by atoms with Gasteiger partial charge < -0.3 is 34.2 Å². The summed E-state index contributed by atoms with van der Waals surface area (Å²) in [5.41, 5.74) is 9.80. The van der Waals surface area contributed by atoms with E-state index in [2.05, 4.69) is 87.9 Å². The first kappa shape index (κ1) is 39.7. The highest BCUT2D eigenvalue weighted by atomic mass is 28.3. The molecule has 0 spiro atoms. The van der Waals surface area contributed by atoms with Gasteiger partial charge in [-0.05, 0) is 78.0 Å². The van der Waals surface area contributed by atoms with Crippen molar-refractivity contribution in [1.82, 2.24) is 19.7 Å². The molecule has 2 aromatic carbocycles. The Morgan fingerprint density at radius 2 is 1.34 bits per heavy atom. The number of fused-ring (bicyclic) bond motifs is 2. The number of hydrogen-bond acceptors (Lipinski definition) is 11. The molecule has 0 unspecified atom stereocenters. The van der Waals surface area contributed by atoms with Crippen LogP contribution in [0.15, 0.2) is 78.0 Å². The molecular formula is C43H55N7O5Si. The van der Waals surface area contributed by atoms with Crippen LogP contribution >= 0.6 is 0 Å². The maximum absolute atomic E-state index is 9.41. The Labute approximate surface area is 330 Å². The Kier molecular flexibility index (Phi) is 13.2. The first-order chi connectivity index (χ1) is 27.3. The first-order valence-electron chi connectivity index (χ1n) is 19.8. The number of aliphatic imine (C=N–C) groups is 1. The van der Waals surface area contributed by atoms with Gasteiger partial charge in [0, 0.05) is 88.5 Å². The first-order valence-corrected chi connectivity index (χ1v) is 23.5. The molecule has 2 N–H and O–H groups in total. The summed E-state index contributed by atoms with van der Waals surface area (Å²) in [6.45, 7) is 15.7. The predicted molar refractivity (Wildman–Crippen MR) is 225 cm³/mol. The molecule has 3 aromatic heterocycles. The lowest BCUT2D eigenvalue weighted by atomic mass is 9.97. The maximum atomic E-state index is 9.41. The molecule has 2 saturated heterocycles. The van der Waals surface area contributed by atoms with Crippen LogP contribution in [0.4, 0.5) is 11.6 Å². The summed E-state index contributed by atoms with van der Waals surface area (Å²) in [6, 6.07) is 22.1. The zero-order chi connectivity index (χ0) is 38.9. The third kappa shape index (κ3) is 9.89. The highest BCUT2D eigenvalue weighted by molar-refractivity contribution is 6.76. The molecule has 0 atom stereocenters. The van der Waals surface area contributed by atoms with E-state index in [4.69, 9.17) is 24.3 Å². The number of hydrogen-bond donors (Lipinski definition) is 2. The predicted octanol–water partition coefficient (Wildman–Crippen LogP) is 5.59. The van der Waals surface area contributed by atoms with Gasteiger partial charge in [0.1, 0.15) is 24.1 Å². The second kappa shape index (κ2) is 18.6. The number of rotatable bonds is 13. The van der Waals surface area contributed by atoms with Gasteiger partial charge in [0.15, 0.2) is 0 Å². The summed E-state index contributed by atoms with van der Waals surface area (Å²) in [7, 11) is -1.13. The Bertz CT molecular complexity index is 2100. The van der Waals surface area contributed by atoms with E-state index < -0.39 is 8.07 Å². The topological polar surface area (TPSA) is 131 Å². The van der Waals surface area contributed by atoms with E-state index in [1.807, 2.05) is 29.2 Å². The molecule has 296 valence electrons. The third-order valence-corrected chi connectivity index (χ3v) is 12.1. The van der Waals surface area contributed by atoms with Crippen LogP contribution in [0.1, 0.15) is 27.8 Å². The van der Waals surface area contributed by atoms with E-state index >= 15 is 0 Å². The Hall–Kier alpha value is -4.50. The van der Waals surface area contributed by atoms with Crippen LogP contribution in [-0.4, -0.2) is 116 Å². The van der Waals surface area contributed by atoms with Crippen LogP contribution in [-0.2, 0) is 40.3 Å². The minimum Gasteiger partial charge on any atom is -0.396 e. The number of ether oxygens (including phenoxy) is 3. The molecule has 0 aliphatic carbocycles. The smallest absolute Gasteiger partial charge is 0.140 e. The van der Waals surface area contributed by atoms with Crippen molar-refractivity contribution >= 4 is 36.3 Å². The highest BCUT2D eigenvalue weighted by Crippen LogP contribution is 2.31. The second-order valence-electron chi connectivity index (χ2n) is 15.7. The number of aromatic nitrogens is 4. The molecule has 56 heavy (non-hydrogen) atoms. The number of anilines is 2. The molecule has 5 aromatic rings. The number of aliphatic hydroxyl groups excluding tert-OH is 2. The quantitative estimate of drug-likeness (QED) is 0.115. The van der Waals surface area contributed by atoms with Gasteiger partial charge in [0.25, 0.3) is 0 Å². The molecule has 0 bridgehead atoms. The van der Waals surface area contributed by atoms with Crippen LogP contribution < -0.4 is 9.80 Å². The van der Waals surface area contributed by atoms with Crippen LogP contribution in [0.3, 0.4) is 0 Å². The van der Waals surface area contributed by atoms with Crippen molar-refractivity contribution in [3.63, 3.8) is 0 Å². The Morgan fingerprint density at radius 1 is 0.732 bits per heavy atom. The molecule has 0 amide bonds. The van der Waals surface area contributed by atoms with Gasteiger partial charge in [0.2, 0.25) is 0 Å². The summed E-state index contributed by atoms with van der Waals surface area (Å²) in [6.07, 6.45) is 5.02. The average Bonchev–Trinajstić information content (AvgIpc) is 3.82. The lowest BCUT2D eigenvalue weighted by molar-refractivity contribution is 0.0818. The number of nitrogens with zero attached hydrogens (tertiary/aromatic N) is 7. The van der Waals surface area contributed by atoms with E-state index in [1.54, 1.807) is 0 Å². The van der Waals surface area contributed by atoms with Gasteiger partial charge in [-0.3, -0.25) is 4.99 Å². The molecule has 0 saturated carbocycles. The van der Waals surface area contributed by atoms with Crippen molar-refractivity contribution in [2.45, 2.75) is 51.8 Å². The highest BCUT2D eigenvalue weighted by Gasteiger charge is 2.21. The lowest BCUT2D eigenvalue weighted by Gasteiger charge is -2.28. The molecule has 3 aliphatic heterocycles. The van der Waals surface area contributed by atoms with Gasteiger partial charge >= 0.3 is 0 Å². The van der Waals surface area contributed by atoms with Gasteiger partial charge in [0.05, 0.1) is 44.2 Å². The maximum Gasteiger partial charge on any atom is 0.140 e. The Morgan fingerprint density at radius 3 is 1.98 bits per heavy atom. The SMILES string of the molecule is C[Si](C)(C)CCOCn1nc(-c2ccnc(N3CCOCC3)c2)c2cc(CCO)ccc21.OCCc1ccc2c(c1)C(c1ccnc(N3CCOCC3)c1)=NC2. The number of pyridine rings is 2. The minimum atomic E-state index is -1.13. The fraction of sp³-hybridized carbons (Fsp3) is 0.442. The molecular weight excluding hydrogens is 723 g/mol. The van der Waals surface area contributed by atoms with Gasteiger partial charge in [-0.15, -0.1) is 0 Å². The summed E-state index contributed by atoms with van der Waals surface area (Å²) < 4.78 is 18.9. The lowest BCUT2D eigenvalue weighted by Crippen LogP contribution is -2.36. The molecule has 12 nitrogen and oxygen atoms in total. The summed E-state index contributed by atoms with van der Waals surface area (Å²) in [4.78, 5) is 18.4. The van der Waals surface area contributed by atoms with E-state index in [-0.39, 0.29) is 13.2 Å². The monoisotopic (exact) mass is 777 g/mol. The van der Waals surface area contributed by atoms with Gasteiger partial charge in [-0.25, -0.2) is 14.6 Å². The van der Waals surface area contributed by atoms with E-state index in [0.29, 0.717) is 19.6 Å². The van der Waals surface area contributed by atoms with Crippen molar-refractivity contribution in [2.75, 3.05) is 82.2 Å². The van der Waals surface area contributed by atoms with Crippen molar-refractivity contribution in [3.8, 4) is 11.3 Å². The minimum absolute atomic E-state index is 0.130. The van der Waals surface area contributed by atoms with E-state index in [9.17, 15) is 10.2 Å². The molecule has 3 aliphatic rings. The molecule has 13 heteroatoms. The number of aliphatic hydroxyl groups is 2. The largest absolute Gasteiger partial charge is 0.396 e. The number of morpholine rings is 2. The van der Waals surface area contributed by atoms with Crippen LogP contribution in [0.2, 0.25) is 25.7 Å². The zero-order valence-corrected chi connectivity index (χ0v) is 34.0. The molecule has 2 fully saturated rings. The summed E-state index contributed by atoms with van der Waals surface area (Å²) >= 11 is 0. The fourth-order valence-corrected chi connectivity index (χ4v) is 7.93. The zero-order valence-electron chi connectivity index (χ0n) is 33.0. The average molecular weight is 778 g/mol. The van der Waals surface area contributed by atoms with Crippen molar-refractivity contribution in [3.05, 3.63) is 101 Å². The second-order valence-corrected chi connectivity index (χ2v) is 21.3. The molecule has 8 rings (SSSR count). The van der Waals surface area contributed by atoms with E-state index in [1.165, 1.54) is 11.1 Å². The van der Waals surface area contributed by atoms with Crippen LogP contribution in [0.5, 0.6) is 0 Å². The normalized spacial score (nSPS) is 15.8. The summed E-state index contributed by atoms with van der Waals surface area (Å²) in [5, 5.41) is 24.6. The standard InChI is InChI=1S/C24H34N4O3Si.C19H21N3O2/c1-32(2,3)15-14-31-18-28-22-5-4-19(7-11-29)16-21(22)24(26-28)20-6-8-25-23(17-20)27-9-12-30-13-10-27;23-8-4-14-1-2-16-13-21-19(17(16)11-14)15-3-5-20-18(12-15)22-6-9-24-10-7-22/h4-6,8,16-17,29H,7,9-15,18H2,1-3H3;1-3,5,11-12,23H,4,6-10,13H2. The summed E-state index contributed by atoms with van der Waals surface area (Å²) in [5.74, 6) is 1.94. The third-order valence-electron chi connectivity index (χ3n) is 10.4. The van der Waals surface area contributed by atoms with Crippen LogP contribution in [0.25, 0.3) is 22.2 Å². The fourth-order valence-electron chi connectivity index (χ4n) is 7.18. The van der Waals surface area contributed by atoms with Gasteiger partial charge in [-0.1, -0.05) is 37.8 Å².